The molecular weight excluding hydrogens is 160 g/mol. The lowest BCUT2D eigenvalue weighted by atomic mass is 10.0. The number of cyclic esters (lactones) is 1. The van der Waals surface area contributed by atoms with Crippen molar-refractivity contribution in [3.05, 3.63) is 11.3 Å². The second-order valence-corrected chi connectivity index (χ2v) is 2.92. The fraction of sp³-hybridized carbons (Fsp3) is 0.500. The molecule has 66 valence electrons. The van der Waals surface area contributed by atoms with E-state index >= 15 is 0 Å². The van der Waals surface area contributed by atoms with E-state index in [1.54, 1.807) is 13.8 Å². The van der Waals surface area contributed by atoms with Crippen molar-refractivity contribution >= 4 is 11.8 Å². The molecule has 0 aromatic heterocycles. The van der Waals surface area contributed by atoms with E-state index in [2.05, 4.69) is 4.74 Å². The Morgan fingerprint density at radius 3 is 2.50 bits per heavy atom. The molecule has 0 saturated heterocycles. The summed E-state index contributed by atoms with van der Waals surface area (Å²) in [5.41, 5.74) is -0.190. The smallest absolute Gasteiger partial charge is 0.345 e. The number of aliphatic hydroxyl groups is 1. The Balaban J connectivity index is 2.94. The lowest BCUT2D eigenvalue weighted by Crippen LogP contribution is -2.16. The first-order valence-corrected chi connectivity index (χ1v) is 3.67. The molecule has 1 rings (SSSR count). The summed E-state index contributed by atoms with van der Waals surface area (Å²) in [4.78, 5) is 22.1. The highest BCUT2D eigenvalue weighted by Crippen LogP contribution is 2.17. The highest BCUT2D eigenvalue weighted by molar-refractivity contribution is 6.19. The molecule has 12 heavy (non-hydrogen) atoms. The zero-order valence-corrected chi connectivity index (χ0v) is 6.96. The van der Waals surface area contributed by atoms with Gasteiger partial charge < -0.3 is 9.84 Å². The maximum Gasteiger partial charge on any atom is 0.345 e. The van der Waals surface area contributed by atoms with E-state index in [1.807, 2.05) is 0 Å². The average molecular weight is 170 g/mol. The second kappa shape index (κ2) is 2.97. The minimum Gasteiger partial charge on any atom is -0.508 e. The molecule has 0 saturated carbocycles. The molecule has 0 aliphatic carbocycles. The van der Waals surface area contributed by atoms with E-state index in [0.717, 1.165) is 0 Å². The third kappa shape index (κ3) is 1.32. The van der Waals surface area contributed by atoms with Crippen LogP contribution in [0.1, 0.15) is 13.8 Å². The van der Waals surface area contributed by atoms with Crippen molar-refractivity contribution < 1.29 is 19.4 Å². The molecule has 0 unspecified atom stereocenters. The van der Waals surface area contributed by atoms with Crippen LogP contribution in [0.2, 0.25) is 0 Å². The van der Waals surface area contributed by atoms with E-state index in [-0.39, 0.29) is 29.6 Å². The molecule has 0 aromatic rings. The van der Waals surface area contributed by atoms with Crippen molar-refractivity contribution in [2.45, 2.75) is 13.8 Å². The topological polar surface area (TPSA) is 63.6 Å². The number of hydrogen-bond acceptors (Lipinski definition) is 4. The minimum atomic E-state index is -0.716. The lowest BCUT2D eigenvalue weighted by molar-refractivity contribution is -0.137. The van der Waals surface area contributed by atoms with Crippen LogP contribution in [0, 0.1) is 5.92 Å². The molecule has 1 heterocycles. The van der Waals surface area contributed by atoms with Gasteiger partial charge in [0.25, 0.3) is 0 Å². The van der Waals surface area contributed by atoms with Crippen molar-refractivity contribution in [3.63, 3.8) is 0 Å². The van der Waals surface area contributed by atoms with Crippen molar-refractivity contribution in [2.75, 3.05) is 6.61 Å². The molecule has 0 aromatic carbocycles. The summed E-state index contributed by atoms with van der Waals surface area (Å²) in [7, 11) is 0. The van der Waals surface area contributed by atoms with Gasteiger partial charge in [-0.2, -0.15) is 0 Å². The Hall–Kier alpha value is -1.32. The Morgan fingerprint density at radius 1 is 1.58 bits per heavy atom. The third-order valence-corrected chi connectivity index (χ3v) is 1.60. The third-order valence-electron chi connectivity index (χ3n) is 1.60. The molecule has 1 aliphatic heterocycles. The van der Waals surface area contributed by atoms with Crippen molar-refractivity contribution in [3.8, 4) is 0 Å². The molecule has 0 bridgehead atoms. The minimum absolute atomic E-state index is 0.174. The van der Waals surface area contributed by atoms with E-state index in [0.29, 0.717) is 0 Å². The Morgan fingerprint density at radius 2 is 2.17 bits per heavy atom. The summed E-state index contributed by atoms with van der Waals surface area (Å²) < 4.78 is 4.47. The van der Waals surface area contributed by atoms with Gasteiger partial charge in [-0.1, -0.05) is 13.8 Å². The van der Waals surface area contributed by atoms with Gasteiger partial charge in [-0.05, 0) is 0 Å². The van der Waals surface area contributed by atoms with E-state index in [1.165, 1.54) is 0 Å². The van der Waals surface area contributed by atoms with Gasteiger partial charge in [-0.25, -0.2) is 4.79 Å². The first kappa shape index (κ1) is 8.77. The van der Waals surface area contributed by atoms with Crippen LogP contribution in [0.5, 0.6) is 0 Å². The van der Waals surface area contributed by atoms with Gasteiger partial charge in [0.15, 0.2) is 5.78 Å². The van der Waals surface area contributed by atoms with Crippen LogP contribution in [0.4, 0.5) is 0 Å². The highest BCUT2D eigenvalue weighted by Gasteiger charge is 2.31. The quantitative estimate of drug-likeness (QED) is 0.486. The van der Waals surface area contributed by atoms with Gasteiger partial charge >= 0.3 is 5.97 Å². The number of carbonyl (C=O) groups excluding carboxylic acids is 2. The molecule has 1 aliphatic rings. The van der Waals surface area contributed by atoms with Crippen LogP contribution in [-0.4, -0.2) is 23.5 Å². The van der Waals surface area contributed by atoms with Gasteiger partial charge in [0, 0.05) is 5.92 Å². The fourth-order valence-electron chi connectivity index (χ4n) is 0.928. The monoisotopic (exact) mass is 170 g/mol. The largest absolute Gasteiger partial charge is 0.508 e. The van der Waals surface area contributed by atoms with E-state index < -0.39 is 5.97 Å². The SMILES string of the molecule is CC(C)C(=O)C1=C(O)COC1=O. The summed E-state index contributed by atoms with van der Waals surface area (Å²) in [6, 6.07) is 0. The maximum absolute atomic E-state index is 11.2. The number of esters is 1. The van der Waals surface area contributed by atoms with Gasteiger partial charge in [-0.3, -0.25) is 4.79 Å². The molecule has 0 amide bonds. The summed E-state index contributed by atoms with van der Waals surface area (Å²) in [6.45, 7) is 3.15. The van der Waals surface area contributed by atoms with Crippen molar-refractivity contribution in [1.29, 1.82) is 0 Å². The summed E-state index contributed by atoms with van der Waals surface area (Å²) in [6.07, 6.45) is 0. The van der Waals surface area contributed by atoms with Gasteiger partial charge in [0.1, 0.15) is 17.9 Å². The number of rotatable bonds is 2. The number of Topliss-reactive ketones (excluding diaryl/α,β-unsaturated/α-hetero) is 1. The van der Waals surface area contributed by atoms with Crippen LogP contribution in [0.25, 0.3) is 0 Å². The normalized spacial score (nSPS) is 17.1. The summed E-state index contributed by atoms with van der Waals surface area (Å²) in [5.74, 6) is -1.63. The predicted octanol–water partition coefficient (Wildman–Crippen LogP) is 0.580. The van der Waals surface area contributed by atoms with Gasteiger partial charge in [0.2, 0.25) is 0 Å². The fourth-order valence-corrected chi connectivity index (χ4v) is 0.928. The van der Waals surface area contributed by atoms with Crippen LogP contribution in [0.15, 0.2) is 11.3 Å². The number of aliphatic hydroxyl groups excluding tert-OH is 1. The van der Waals surface area contributed by atoms with Crippen LogP contribution < -0.4 is 0 Å². The zero-order valence-electron chi connectivity index (χ0n) is 6.96. The number of ether oxygens (including phenoxy) is 1. The first-order chi connectivity index (χ1) is 5.54. The van der Waals surface area contributed by atoms with Crippen molar-refractivity contribution in [1.82, 2.24) is 0 Å². The van der Waals surface area contributed by atoms with E-state index in [4.69, 9.17) is 5.11 Å². The Kier molecular flexibility index (Phi) is 2.17. The number of hydrogen-bond donors (Lipinski definition) is 1. The summed E-state index contributed by atoms with van der Waals surface area (Å²) in [5, 5.41) is 9.09. The number of ketones is 1. The Bertz CT molecular complexity index is 262. The highest BCUT2D eigenvalue weighted by atomic mass is 16.5. The first-order valence-electron chi connectivity index (χ1n) is 3.67. The summed E-state index contributed by atoms with van der Waals surface area (Å²) >= 11 is 0. The zero-order chi connectivity index (χ0) is 9.30. The molecule has 1 N–H and O–H groups in total. The average Bonchev–Trinajstić information content (AvgIpc) is 2.30. The van der Waals surface area contributed by atoms with Crippen LogP contribution in [-0.2, 0) is 14.3 Å². The molecule has 4 heteroatoms. The van der Waals surface area contributed by atoms with Gasteiger partial charge in [0.05, 0.1) is 0 Å². The predicted molar refractivity (Wildman–Crippen MR) is 40.5 cm³/mol. The van der Waals surface area contributed by atoms with Gasteiger partial charge in [-0.15, -0.1) is 0 Å². The molecule has 0 fully saturated rings. The lowest BCUT2D eigenvalue weighted by Gasteiger charge is -2.01. The molecule has 0 atom stereocenters. The van der Waals surface area contributed by atoms with Crippen LogP contribution >= 0.6 is 0 Å². The van der Waals surface area contributed by atoms with Crippen molar-refractivity contribution in [2.24, 2.45) is 5.92 Å². The second-order valence-electron chi connectivity index (χ2n) is 2.92. The Labute approximate surface area is 69.8 Å². The molecular formula is C8H10O4. The molecule has 0 radical (unpaired) electrons. The number of carbonyl (C=O) groups is 2. The van der Waals surface area contributed by atoms with Crippen LogP contribution in [0.3, 0.4) is 0 Å². The standard InChI is InChI=1S/C8H10O4/c1-4(2)7(10)6-5(9)3-12-8(6)11/h4,9H,3H2,1-2H3. The maximum atomic E-state index is 11.2. The molecule has 4 nitrogen and oxygen atoms in total. The molecule has 0 spiro atoms. The van der Waals surface area contributed by atoms with E-state index in [9.17, 15) is 9.59 Å².